The van der Waals surface area contributed by atoms with Crippen LogP contribution in [0.2, 0.25) is 0 Å². The first-order valence-electron chi connectivity index (χ1n) is 6.98. The first kappa shape index (κ1) is 14.2. The number of nitrogens with zero attached hydrogens (tertiary/aromatic N) is 4. The molecule has 7 heteroatoms. The van der Waals surface area contributed by atoms with Crippen molar-refractivity contribution in [3.05, 3.63) is 17.8 Å². The molecule has 0 unspecified atom stereocenters. The van der Waals surface area contributed by atoms with Gasteiger partial charge in [0.15, 0.2) is 0 Å². The van der Waals surface area contributed by atoms with Crippen molar-refractivity contribution in [2.45, 2.75) is 19.4 Å². The molecule has 1 aliphatic heterocycles. The van der Waals surface area contributed by atoms with Crippen LogP contribution in [0.15, 0.2) is 17.8 Å². The van der Waals surface area contributed by atoms with Crippen molar-refractivity contribution in [1.29, 1.82) is 0 Å². The van der Waals surface area contributed by atoms with E-state index in [-0.39, 0.29) is 5.91 Å². The molecule has 0 bridgehead atoms. The predicted octanol–water partition coefficient (Wildman–Crippen LogP) is 1.08. The number of anilines is 1. The van der Waals surface area contributed by atoms with Crippen molar-refractivity contribution in [3.63, 3.8) is 0 Å². The van der Waals surface area contributed by atoms with Gasteiger partial charge in [-0.2, -0.15) is 0 Å². The van der Waals surface area contributed by atoms with E-state index < -0.39 is 5.54 Å². The van der Waals surface area contributed by atoms with Crippen LogP contribution < -0.4 is 10.6 Å². The summed E-state index contributed by atoms with van der Waals surface area (Å²) >= 11 is 1.65. The second kappa shape index (κ2) is 5.23. The maximum absolute atomic E-state index is 12.2. The average molecular weight is 305 g/mol. The van der Waals surface area contributed by atoms with Gasteiger partial charge < -0.3 is 15.5 Å². The number of carbonyl (C=O) groups excluding carboxylic acids is 1. The molecule has 1 aliphatic rings. The number of rotatable bonds is 2. The normalized spacial score (nSPS) is 16.5. The van der Waals surface area contributed by atoms with E-state index in [0.717, 1.165) is 29.1 Å². The highest BCUT2D eigenvalue weighted by Crippen LogP contribution is 2.28. The van der Waals surface area contributed by atoms with E-state index in [2.05, 4.69) is 14.9 Å². The number of aromatic nitrogens is 2. The summed E-state index contributed by atoms with van der Waals surface area (Å²) in [4.78, 5) is 24.9. The largest absolute Gasteiger partial charge is 0.352 e. The fraction of sp³-hybridized carbons (Fsp3) is 0.500. The average Bonchev–Trinajstić information content (AvgIpc) is 2.94. The molecule has 1 amide bonds. The van der Waals surface area contributed by atoms with Gasteiger partial charge in [0.25, 0.3) is 0 Å². The third-order valence-corrected chi connectivity index (χ3v) is 4.54. The standard InChI is InChI=1S/C14H19N5OS/c1-14(2,15)13(20)19-6-4-18(5-7-19)12-11-10(3-8-21-11)16-9-17-12/h3,8-9H,4-7,15H2,1-2H3. The van der Waals surface area contributed by atoms with Gasteiger partial charge in [-0.3, -0.25) is 4.79 Å². The van der Waals surface area contributed by atoms with Gasteiger partial charge in [0.05, 0.1) is 15.8 Å². The molecular weight excluding hydrogens is 286 g/mol. The van der Waals surface area contributed by atoms with E-state index in [1.54, 1.807) is 31.5 Å². The molecule has 2 aromatic heterocycles. The van der Waals surface area contributed by atoms with Crippen molar-refractivity contribution >= 4 is 33.3 Å². The topological polar surface area (TPSA) is 75.4 Å². The lowest BCUT2D eigenvalue weighted by atomic mass is 10.0. The van der Waals surface area contributed by atoms with Gasteiger partial charge in [0.2, 0.25) is 5.91 Å². The predicted molar refractivity (Wildman–Crippen MR) is 84.5 cm³/mol. The van der Waals surface area contributed by atoms with Gasteiger partial charge in [-0.15, -0.1) is 11.3 Å². The Bertz CT molecular complexity index is 655. The van der Waals surface area contributed by atoms with Gasteiger partial charge in [-0.05, 0) is 25.3 Å². The molecule has 0 saturated carbocycles. The zero-order chi connectivity index (χ0) is 15.0. The number of piperazine rings is 1. The molecule has 0 aliphatic carbocycles. The summed E-state index contributed by atoms with van der Waals surface area (Å²) in [6.45, 7) is 6.40. The number of carbonyl (C=O) groups is 1. The molecule has 0 spiro atoms. The lowest BCUT2D eigenvalue weighted by Crippen LogP contribution is -2.57. The number of thiophene rings is 1. The number of amides is 1. The molecule has 0 aromatic carbocycles. The molecule has 112 valence electrons. The van der Waals surface area contributed by atoms with Crippen LogP contribution in [0, 0.1) is 0 Å². The maximum atomic E-state index is 12.2. The molecule has 3 heterocycles. The Labute approximate surface area is 127 Å². The molecular formula is C14H19N5OS. The lowest BCUT2D eigenvalue weighted by Gasteiger charge is -2.38. The van der Waals surface area contributed by atoms with Crippen LogP contribution >= 0.6 is 11.3 Å². The SMILES string of the molecule is CC(C)(N)C(=O)N1CCN(c2ncnc3ccsc23)CC1. The van der Waals surface area contributed by atoms with Gasteiger partial charge in [0.1, 0.15) is 12.1 Å². The van der Waals surface area contributed by atoms with E-state index >= 15 is 0 Å². The first-order valence-corrected chi connectivity index (χ1v) is 7.86. The fourth-order valence-electron chi connectivity index (χ4n) is 2.53. The second-order valence-electron chi connectivity index (χ2n) is 5.83. The molecule has 0 radical (unpaired) electrons. The van der Waals surface area contributed by atoms with Crippen LogP contribution in [0.3, 0.4) is 0 Å². The van der Waals surface area contributed by atoms with E-state index in [0.29, 0.717) is 13.1 Å². The number of hydrogen-bond acceptors (Lipinski definition) is 6. The molecule has 1 fully saturated rings. The van der Waals surface area contributed by atoms with E-state index in [9.17, 15) is 4.79 Å². The number of fused-ring (bicyclic) bond motifs is 1. The summed E-state index contributed by atoms with van der Waals surface area (Å²) in [5.74, 6) is 0.972. The highest BCUT2D eigenvalue weighted by molar-refractivity contribution is 7.17. The van der Waals surface area contributed by atoms with Crippen LogP contribution in [-0.2, 0) is 4.79 Å². The van der Waals surface area contributed by atoms with Gasteiger partial charge in [-0.25, -0.2) is 9.97 Å². The molecule has 21 heavy (non-hydrogen) atoms. The fourth-order valence-corrected chi connectivity index (χ4v) is 3.39. The third-order valence-electron chi connectivity index (χ3n) is 3.64. The highest BCUT2D eigenvalue weighted by atomic mass is 32.1. The van der Waals surface area contributed by atoms with E-state index in [4.69, 9.17) is 5.73 Å². The summed E-state index contributed by atoms with van der Waals surface area (Å²) < 4.78 is 1.11. The van der Waals surface area contributed by atoms with Crippen LogP contribution in [0.4, 0.5) is 5.82 Å². The summed E-state index contributed by atoms with van der Waals surface area (Å²) in [7, 11) is 0. The zero-order valence-corrected chi connectivity index (χ0v) is 13.1. The lowest BCUT2D eigenvalue weighted by molar-refractivity contribution is -0.136. The first-order chi connectivity index (χ1) is 9.97. The van der Waals surface area contributed by atoms with Gasteiger partial charge in [-0.1, -0.05) is 0 Å². The molecule has 1 saturated heterocycles. The van der Waals surface area contributed by atoms with Crippen molar-refractivity contribution in [2.24, 2.45) is 5.73 Å². The Kier molecular flexibility index (Phi) is 3.54. The number of nitrogens with two attached hydrogens (primary N) is 1. The summed E-state index contributed by atoms with van der Waals surface area (Å²) in [5.41, 5.74) is 6.06. The summed E-state index contributed by atoms with van der Waals surface area (Å²) in [5, 5.41) is 2.03. The Morgan fingerprint density at radius 2 is 2.00 bits per heavy atom. The van der Waals surface area contributed by atoms with Crippen LogP contribution in [-0.4, -0.2) is 52.5 Å². The maximum Gasteiger partial charge on any atom is 0.242 e. The Balaban J connectivity index is 1.74. The molecule has 0 atom stereocenters. The second-order valence-corrected chi connectivity index (χ2v) is 6.75. The Hall–Kier alpha value is -1.73. The quantitative estimate of drug-likeness (QED) is 0.898. The van der Waals surface area contributed by atoms with Gasteiger partial charge in [0, 0.05) is 26.2 Å². The van der Waals surface area contributed by atoms with Crippen LogP contribution in [0.25, 0.3) is 10.2 Å². The summed E-state index contributed by atoms with van der Waals surface area (Å²) in [6, 6.07) is 2.00. The zero-order valence-electron chi connectivity index (χ0n) is 12.2. The summed E-state index contributed by atoms with van der Waals surface area (Å²) in [6.07, 6.45) is 1.60. The highest BCUT2D eigenvalue weighted by Gasteiger charge is 2.30. The number of hydrogen-bond donors (Lipinski definition) is 1. The smallest absolute Gasteiger partial charge is 0.242 e. The van der Waals surface area contributed by atoms with Gasteiger partial charge >= 0.3 is 0 Å². The Morgan fingerprint density at radius 1 is 1.29 bits per heavy atom. The van der Waals surface area contributed by atoms with Crippen molar-refractivity contribution in [1.82, 2.24) is 14.9 Å². The minimum absolute atomic E-state index is 0.00566. The van der Waals surface area contributed by atoms with Crippen LogP contribution in [0.1, 0.15) is 13.8 Å². The molecule has 3 rings (SSSR count). The van der Waals surface area contributed by atoms with E-state index in [1.165, 1.54) is 0 Å². The minimum Gasteiger partial charge on any atom is -0.352 e. The molecule has 6 nitrogen and oxygen atoms in total. The minimum atomic E-state index is -0.807. The molecule has 2 aromatic rings. The third kappa shape index (κ3) is 2.71. The monoisotopic (exact) mass is 305 g/mol. The van der Waals surface area contributed by atoms with Crippen molar-refractivity contribution in [2.75, 3.05) is 31.1 Å². The van der Waals surface area contributed by atoms with Crippen molar-refractivity contribution in [3.8, 4) is 0 Å². The van der Waals surface area contributed by atoms with Crippen LogP contribution in [0.5, 0.6) is 0 Å². The van der Waals surface area contributed by atoms with E-state index in [1.807, 2.05) is 16.3 Å². The van der Waals surface area contributed by atoms with Crippen molar-refractivity contribution < 1.29 is 4.79 Å². The molecule has 2 N–H and O–H groups in total. The Morgan fingerprint density at radius 3 is 2.67 bits per heavy atom.